The van der Waals surface area contributed by atoms with E-state index in [-0.39, 0.29) is 23.3 Å². The second-order valence-corrected chi connectivity index (χ2v) is 7.16. The number of rotatable bonds is 6. The molecule has 1 aromatic heterocycles. The minimum Gasteiger partial charge on any atom is -0.497 e. The van der Waals surface area contributed by atoms with Crippen LogP contribution in [0.5, 0.6) is 5.75 Å². The molecule has 1 aliphatic carbocycles. The Morgan fingerprint density at radius 1 is 1.43 bits per heavy atom. The lowest BCUT2D eigenvalue weighted by Crippen LogP contribution is -2.33. The van der Waals surface area contributed by atoms with E-state index in [4.69, 9.17) is 4.74 Å². The van der Waals surface area contributed by atoms with Gasteiger partial charge in [0.2, 0.25) is 15.9 Å². The lowest BCUT2D eigenvalue weighted by atomic mass is 10.1. The summed E-state index contributed by atoms with van der Waals surface area (Å²) < 4.78 is 35.7. The molecule has 23 heavy (non-hydrogen) atoms. The van der Waals surface area contributed by atoms with Crippen LogP contribution in [0.3, 0.4) is 0 Å². The smallest absolute Gasteiger partial charge is 0.240 e. The highest BCUT2D eigenvalue weighted by Gasteiger charge is 2.45. The topological polar surface area (TPSA) is 98.5 Å². The third kappa shape index (κ3) is 3.70. The molecular formula is C15H16N2O5S. The maximum atomic E-state index is 12.1. The van der Waals surface area contributed by atoms with E-state index in [0.717, 1.165) is 5.56 Å². The number of amides is 1. The monoisotopic (exact) mass is 336 g/mol. The number of benzene rings is 1. The molecule has 2 aromatic rings. The molecule has 8 heteroatoms. The van der Waals surface area contributed by atoms with Crippen LogP contribution in [-0.2, 0) is 20.6 Å². The maximum absolute atomic E-state index is 12.1. The molecule has 1 amide bonds. The van der Waals surface area contributed by atoms with Crippen molar-refractivity contribution in [1.82, 2.24) is 9.88 Å². The summed E-state index contributed by atoms with van der Waals surface area (Å²) in [7, 11) is -2.20. The Labute approximate surface area is 133 Å². The Hall–Kier alpha value is -2.35. The molecule has 1 aromatic carbocycles. The molecular weight excluding hydrogens is 320 g/mol. The van der Waals surface area contributed by atoms with E-state index in [1.807, 2.05) is 24.3 Å². The van der Waals surface area contributed by atoms with Gasteiger partial charge >= 0.3 is 0 Å². The summed E-state index contributed by atoms with van der Waals surface area (Å²) in [5.41, 5.74) is 1.23. The average Bonchev–Trinajstić information content (AvgIpc) is 3.18. The zero-order chi connectivity index (χ0) is 16.4. The summed E-state index contributed by atoms with van der Waals surface area (Å²) >= 11 is 0. The molecule has 1 saturated carbocycles. The van der Waals surface area contributed by atoms with Gasteiger partial charge in [0.1, 0.15) is 23.5 Å². The van der Waals surface area contributed by atoms with Crippen molar-refractivity contribution in [2.45, 2.75) is 18.1 Å². The van der Waals surface area contributed by atoms with Crippen molar-refractivity contribution in [1.29, 1.82) is 0 Å². The first-order chi connectivity index (χ1) is 11.0. The van der Waals surface area contributed by atoms with Gasteiger partial charge in [0.15, 0.2) is 0 Å². The second kappa shape index (κ2) is 6.04. The predicted octanol–water partition coefficient (Wildman–Crippen LogP) is 1.43. The molecule has 7 nitrogen and oxygen atoms in total. The van der Waals surface area contributed by atoms with Gasteiger partial charge in [-0.05, 0) is 30.0 Å². The summed E-state index contributed by atoms with van der Waals surface area (Å²) in [6.07, 6.45) is 1.91. The van der Waals surface area contributed by atoms with Crippen LogP contribution in [0.15, 0.2) is 41.1 Å². The highest BCUT2D eigenvalue weighted by molar-refractivity contribution is 7.89. The highest BCUT2D eigenvalue weighted by Crippen LogP contribution is 2.48. The van der Waals surface area contributed by atoms with Crippen LogP contribution < -0.4 is 9.46 Å². The van der Waals surface area contributed by atoms with Crippen LogP contribution >= 0.6 is 0 Å². The van der Waals surface area contributed by atoms with Crippen LogP contribution in [-0.4, -0.2) is 26.6 Å². The van der Waals surface area contributed by atoms with Crippen LogP contribution in [0.2, 0.25) is 0 Å². The van der Waals surface area contributed by atoms with Gasteiger partial charge in [-0.25, -0.2) is 8.42 Å². The molecule has 3 rings (SSSR count). The number of ether oxygens (including phenoxy) is 1. The maximum Gasteiger partial charge on any atom is 0.240 e. The van der Waals surface area contributed by atoms with E-state index in [0.29, 0.717) is 12.2 Å². The molecule has 2 atom stereocenters. The molecule has 122 valence electrons. The Bertz CT molecular complexity index is 801. The van der Waals surface area contributed by atoms with Crippen LogP contribution in [0.4, 0.5) is 0 Å². The third-order valence-electron chi connectivity index (χ3n) is 3.73. The minimum atomic E-state index is -3.77. The number of hydrogen-bond donors (Lipinski definition) is 1. The van der Waals surface area contributed by atoms with E-state index >= 15 is 0 Å². The molecule has 1 aliphatic rings. The Morgan fingerprint density at radius 3 is 2.96 bits per heavy atom. The Balaban J connectivity index is 1.61. The molecule has 0 spiro atoms. The first-order valence-electron chi connectivity index (χ1n) is 7.06. The molecule has 0 radical (unpaired) electrons. The molecule has 1 N–H and O–H groups in total. The van der Waals surface area contributed by atoms with Crippen molar-refractivity contribution in [3.05, 3.63) is 47.9 Å². The Morgan fingerprint density at radius 2 is 2.26 bits per heavy atom. The lowest BCUT2D eigenvalue weighted by molar-refractivity contribution is -0.120. The largest absolute Gasteiger partial charge is 0.497 e. The van der Waals surface area contributed by atoms with E-state index in [1.165, 1.54) is 12.3 Å². The van der Waals surface area contributed by atoms with E-state index in [1.54, 1.807) is 7.11 Å². The van der Waals surface area contributed by atoms with Gasteiger partial charge in [-0.2, -0.15) is 0 Å². The van der Waals surface area contributed by atoms with E-state index in [2.05, 4.69) is 14.4 Å². The minimum absolute atomic E-state index is 0.0207. The van der Waals surface area contributed by atoms with Crippen molar-refractivity contribution in [2.24, 2.45) is 5.92 Å². The van der Waals surface area contributed by atoms with Gasteiger partial charge in [-0.3, -0.25) is 9.52 Å². The summed E-state index contributed by atoms with van der Waals surface area (Å²) in [6, 6.07) is 8.89. The van der Waals surface area contributed by atoms with Crippen LogP contribution in [0.25, 0.3) is 0 Å². The number of carbonyl (C=O) groups excluding carboxylic acids is 1. The summed E-state index contributed by atoms with van der Waals surface area (Å²) in [4.78, 5) is 12.1. The predicted molar refractivity (Wildman–Crippen MR) is 81.1 cm³/mol. The first kappa shape index (κ1) is 15.5. The van der Waals surface area contributed by atoms with Gasteiger partial charge in [-0.1, -0.05) is 17.3 Å². The average molecular weight is 336 g/mol. The fourth-order valence-corrected chi connectivity index (χ4v) is 3.57. The van der Waals surface area contributed by atoms with Crippen molar-refractivity contribution < 1.29 is 22.5 Å². The molecule has 0 bridgehead atoms. The van der Waals surface area contributed by atoms with Crippen LogP contribution in [0, 0.1) is 5.92 Å². The van der Waals surface area contributed by atoms with Gasteiger partial charge < -0.3 is 9.26 Å². The standard InChI is InChI=1S/C15H16N2O5S/c1-21-12-4-2-3-10(7-12)13-8-14(13)15(18)17-23(19,20)9-11-5-6-22-16-11/h2-7,13-14H,8-9H2,1H3,(H,17,18)/t13-,14+/m0/s1. The fraction of sp³-hybridized carbons (Fsp3) is 0.333. The summed E-state index contributed by atoms with van der Waals surface area (Å²) in [6.45, 7) is 0. The summed E-state index contributed by atoms with van der Waals surface area (Å²) in [5.74, 6) is -0.471. The molecule has 0 aliphatic heterocycles. The molecule has 0 unspecified atom stereocenters. The number of hydrogen-bond acceptors (Lipinski definition) is 6. The quantitative estimate of drug-likeness (QED) is 0.857. The number of nitrogens with one attached hydrogen (secondary N) is 1. The van der Waals surface area contributed by atoms with Crippen molar-refractivity contribution in [3.63, 3.8) is 0 Å². The van der Waals surface area contributed by atoms with Crippen molar-refractivity contribution in [2.75, 3.05) is 7.11 Å². The van der Waals surface area contributed by atoms with Crippen molar-refractivity contribution in [3.8, 4) is 5.75 Å². The van der Waals surface area contributed by atoms with E-state index < -0.39 is 15.9 Å². The highest BCUT2D eigenvalue weighted by atomic mass is 32.2. The fourth-order valence-electron chi connectivity index (χ4n) is 2.50. The SMILES string of the molecule is COc1cccc([C@@H]2C[C@H]2C(=O)NS(=O)(=O)Cc2ccon2)c1. The number of nitrogens with zero attached hydrogens (tertiary/aromatic N) is 1. The zero-order valence-corrected chi connectivity index (χ0v) is 13.2. The van der Waals surface area contributed by atoms with E-state index in [9.17, 15) is 13.2 Å². The van der Waals surface area contributed by atoms with Crippen LogP contribution in [0.1, 0.15) is 23.6 Å². The molecule has 1 fully saturated rings. The number of methoxy groups -OCH3 is 1. The van der Waals surface area contributed by atoms with Crippen molar-refractivity contribution >= 4 is 15.9 Å². The number of carbonyl (C=O) groups is 1. The summed E-state index contributed by atoms with van der Waals surface area (Å²) in [5, 5.41) is 3.53. The van der Waals surface area contributed by atoms with Gasteiger partial charge in [0.05, 0.1) is 7.11 Å². The number of aromatic nitrogens is 1. The normalized spacial score (nSPS) is 20.0. The molecule has 0 saturated heterocycles. The van der Waals surface area contributed by atoms with Gasteiger partial charge in [0.25, 0.3) is 0 Å². The van der Waals surface area contributed by atoms with Gasteiger partial charge in [-0.15, -0.1) is 0 Å². The molecule has 1 heterocycles. The zero-order valence-electron chi connectivity index (χ0n) is 12.4. The first-order valence-corrected chi connectivity index (χ1v) is 8.71. The lowest BCUT2D eigenvalue weighted by Gasteiger charge is -2.06. The number of sulfonamides is 1. The Kier molecular flexibility index (Phi) is 4.08. The second-order valence-electron chi connectivity index (χ2n) is 5.44. The van der Waals surface area contributed by atoms with Gasteiger partial charge in [0, 0.05) is 12.0 Å². The third-order valence-corrected chi connectivity index (χ3v) is 4.92.